The summed E-state index contributed by atoms with van der Waals surface area (Å²) in [5.41, 5.74) is 0. The van der Waals surface area contributed by atoms with Crippen molar-refractivity contribution in [2.24, 2.45) is 0 Å². The van der Waals surface area contributed by atoms with Gasteiger partial charge < -0.3 is 4.55 Å². The van der Waals surface area contributed by atoms with Crippen LogP contribution in [0.15, 0.2) is 0 Å². The molecule has 54 valence electrons. The molecule has 0 spiro atoms. The van der Waals surface area contributed by atoms with Gasteiger partial charge in [-0.15, -0.1) is 0 Å². The number of rotatable bonds is 1. The van der Waals surface area contributed by atoms with Crippen molar-refractivity contribution in [2.45, 2.75) is 30.7 Å². The topological polar surface area (TPSA) is 40.1 Å². The van der Waals surface area contributed by atoms with E-state index in [0.29, 0.717) is 12.8 Å². The van der Waals surface area contributed by atoms with E-state index in [1.165, 1.54) is 0 Å². The summed E-state index contributed by atoms with van der Waals surface area (Å²) >= 11 is -2.52. The van der Waals surface area contributed by atoms with Crippen LogP contribution in [0, 0.1) is 0 Å². The molecule has 1 aliphatic rings. The number of halogens is 1. The average molecular weight is 174 g/mol. The molecule has 1 saturated carbocycles. The molecule has 1 rings (SSSR count). The van der Waals surface area contributed by atoms with Crippen LogP contribution in [0.5, 0.6) is 0 Å². The van der Waals surface area contributed by atoms with Crippen molar-refractivity contribution in [1.82, 2.24) is 0 Å². The molecule has 1 aliphatic carbocycles. The quantitative estimate of drug-likeness (QED) is 0.344. The van der Waals surface area contributed by atoms with Crippen molar-refractivity contribution in [1.29, 1.82) is 0 Å². The van der Waals surface area contributed by atoms with Crippen LogP contribution >= 0.6 is 0 Å². The second-order valence-corrected chi connectivity index (χ2v) is 3.53. The number of hydrogen-bond donors (Lipinski definition) is 0. The Labute approximate surface area is 84.1 Å². The summed E-state index contributed by atoms with van der Waals surface area (Å²) < 4.78 is 33.1. The van der Waals surface area contributed by atoms with Crippen molar-refractivity contribution in [2.75, 3.05) is 0 Å². The van der Waals surface area contributed by atoms with Gasteiger partial charge in [-0.3, -0.25) is 4.21 Å². The molecular weight excluding hydrogens is 166 g/mol. The van der Waals surface area contributed by atoms with Gasteiger partial charge in [-0.1, -0.05) is 0 Å². The molecule has 1 atom stereocenters. The van der Waals surface area contributed by atoms with Gasteiger partial charge in [-0.2, -0.15) is 0 Å². The van der Waals surface area contributed by atoms with E-state index in [1.54, 1.807) is 0 Å². The van der Waals surface area contributed by atoms with Crippen LogP contribution in [0.4, 0.5) is 4.39 Å². The average Bonchev–Trinajstić information content (AvgIpc) is 2.16. The van der Waals surface area contributed by atoms with Crippen molar-refractivity contribution in [3.8, 4) is 0 Å². The molecule has 10 heavy (non-hydrogen) atoms. The summed E-state index contributed by atoms with van der Waals surface area (Å²) in [7, 11) is 0. The molecule has 1 fully saturated rings. The fourth-order valence-electron chi connectivity index (χ4n) is 1.07. The third-order valence-corrected chi connectivity index (χ3v) is 2.65. The second-order valence-electron chi connectivity index (χ2n) is 2.32. The molecule has 0 radical (unpaired) electrons. The van der Waals surface area contributed by atoms with E-state index in [9.17, 15) is 13.2 Å². The fourth-order valence-corrected chi connectivity index (χ4v) is 1.69. The van der Waals surface area contributed by atoms with Crippen molar-refractivity contribution >= 4 is 11.1 Å². The zero-order valence-electron chi connectivity index (χ0n) is 5.93. The van der Waals surface area contributed by atoms with E-state index < -0.39 is 16.1 Å². The van der Waals surface area contributed by atoms with Gasteiger partial charge in [0, 0.05) is 0 Å². The number of alkyl halides is 1. The minimum atomic E-state index is -2.52. The first-order valence-electron chi connectivity index (χ1n) is 2.93. The zero-order valence-corrected chi connectivity index (χ0v) is 8.75. The predicted molar refractivity (Wildman–Crippen MR) is 31.2 cm³/mol. The maximum absolute atomic E-state index is 12.8. The van der Waals surface area contributed by atoms with E-state index >= 15 is 0 Å². The standard InChI is InChI=1S/C5H9FO2S.Na/c6-5(9(7)8)3-1-2-4-5;/h1-4H2,(H,7,8);/q;+1/p-1. The molecular formula is C5H8FNaO2S. The monoisotopic (exact) mass is 174 g/mol. The Balaban J connectivity index is 0.000000810. The molecule has 0 N–H and O–H groups in total. The summed E-state index contributed by atoms with van der Waals surface area (Å²) in [5, 5.41) is -1.89. The minimum absolute atomic E-state index is 0. The van der Waals surface area contributed by atoms with Gasteiger partial charge in [-0.05, 0) is 36.8 Å². The van der Waals surface area contributed by atoms with Crippen LogP contribution in [0.3, 0.4) is 0 Å². The van der Waals surface area contributed by atoms with Gasteiger partial charge in [0.05, 0.1) is 0 Å². The van der Waals surface area contributed by atoms with Crippen LogP contribution in [0.1, 0.15) is 25.7 Å². The van der Waals surface area contributed by atoms with Crippen LogP contribution in [0.25, 0.3) is 0 Å². The van der Waals surface area contributed by atoms with Gasteiger partial charge in [0.25, 0.3) is 0 Å². The van der Waals surface area contributed by atoms with Crippen molar-refractivity contribution in [3.63, 3.8) is 0 Å². The molecule has 0 amide bonds. The fraction of sp³-hybridized carbons (Fsp3) is 1.00. The van der Waals surface area contributed by atoms with E-state index in [1.807, 2.05) is 0 Å². The Morgan fingerprint density at radius 1 is 1.40 bits per heavy atom. The maximum Gasteiger partial charge on any atom is 1.00 e. The zero-order chi connectivity index (χ0) is 6.91. The first-order valence-corrected chi connectivity index (χ1v) is 4.01. The summed E-state index contributed by atoms with van der Waals surface area (Å²) in [6.45, 7) is 0. The summed E-state index contributed by atoms with van der Waals surface area (Å²) in [4.78, 5) is 0. The molecule has 2 nitrogen and oxygen atoms in total. The molecule has 0 aromatic carbocycles. The Morgan fingerprint density at radius 2 is 1.80 bits per heavy atom. The maximum atomic E-state index is 12.8. The largest absolute Gasteiger partial charge is 1.00 e. The minimum Gasteiger partial charge on any atom is -0.770 e. The molecule has 0 aromatic heterocycles. The van der Waals surface area contributed by atoms with Crippen LogP contribution < -0.4 is 29.6 Å². The predicted octanol–water partition coefficient (Wildman–Crippen LogP) is -1.89. The van der Waals surface area contributed by atoms with E-state index in [0.717, 1.165) is 0 Å². The SMILES string of the molecule is O=S([O-])C1(F)CCCC1.[Na+]. The molecule has 1 unspecified atom stereocenters. The molecule has 0 aliphatic heterocycles. The Morgan fingerprint density at radius 3 is 2.00 bits per heavy atom. The van der Waals surface area contributed by atoms with E-state index in [2.05, 4.69) is 0 Å². The summed E-state index contributed by atoms with van der Waals surface area (Å²) in [5.74, 6) is 0. The van der Waals surface area contributed by atoms with Crippen LogP contribution in [-0.2, 0) is 11.1 Å². The summed E-state index contributed by atoms with van der Waals surface area (Å²) in [6.07, 6.45) is 1.77. The molecule has 0 heterocycles. The van der Waals surface area contributed by atoms with E-state index in [-0.39, 0.29) is 42.4 Å². The van der Waals surface area contributed by atoms with Gasteiger partial charge in [-0.25, -0.2) is 4.39 Å². The molecule has 0 saturated heterocycles. The summed E-state index contributed by atoms with van der Waals surface area (Å²) in [6, 6.07) is 0. The Hall–Kier alpha value is 1.04. The smallest absolute Gasteiger partial charge is 0.770 e. The molecule has 0 bridgehead atoms. The molecule has 0 aromatic rings. The van der Waals surface area contributed by atoms with Gasteiger partial charge in [0.2, 0.25) is 0 Å². The van der Waals surface area contributed by atoms with Crippen LogP contribution in [0.2, 0.25) is 0 Å². The first-order chi connectivity index (χ1) is 4.15. The Kier molecular flexibility index (Phi) is 4.60. The van der Waals surface area contributed by atoms with Gasteiger partial charge in [0.1, 0.15) is 0 Å². The van der Waals surface area contributed by atoms with E-state index in [4.69, 9.17) is 0 Å². The molecule has 5 heteroatoms. The van der Waals surface area contributed by atoms with Crippen LogP contribution in [-0.4, -0.2) is 13.8 Å². The van der Waals surface area contributed by atoms with Gasteiger partial charge >= 0.3 is 29.6 Å². The van der Waals surface area contributed by atoms with Crippen molar-refractivity contribution < 1.29 is 42.7 Å². The van der Waals surface area contributed by atoms with Crippen molar-refractivity contribution in [3.05, 3.63) is 0 Å². The third kappa shape index (κ3) is 2.27. The third-order valence-electron chi connectivity index (χ3n) is 1.65. The second kappa shape index (κ2) is 4.16. The number of hydrogen-bond acceptors (Lipinski definition) is 2. The van der Waals surface area contributed by atoms with Gasteiger partial charge in [0.15, 0.2) is 5.00 Å². The normalized spacial score (nSPS) is 25.4. The first kappa shape index (κ1) is 11.0. The Bertz CT molecular complexity index is 136.